The summed E-state index contributed by atoms with van der Waals surface area (Å²) < 4.78 is 11.0. The highest BCUT2D eigenvalue weighted by molar-refractivity contribution is 14.0. The van der Waals surface area contributed by atoms with Crippen molar-refractivity contribution >= 4 is 29.9 Å². The second-order valence-electron chi connectivity index (χ2n) is 5.76. The fourth-order valence-electron chi connectivity index (χ4n) is 2.25. The number of methoxy groups -OCH3 is 1. The Bertz CT molecular complexity index is 692. The Balaban J connectivity index is 0.00000338. The number of hydrogen-bond donors (Lipinski definition) is 2. The van der Waals surface area contributed by atoms with Crippen LogP contribution in [0.5, 0.6) is 11.6 Å². The first-order valence-corrected chi connectivity index (χ1v) is 8.27. The maximum absolute atomic E-state index is 5.91. The summed E-state index contributed by atoms with van der Waals surface area (Å²) >= 11 is 0. The highest BCUT2D eigenvalue weighted by Gasteiger charge is 2.06. The summed E-state index contributed by atoms with van der Waals surface area (Å²) in [7, 11) is 3.35. The van der Waals surface area contributed by atoms with Crippen molar-refractivity contribution in [3.8, 4) is 11.6 Å². The van der Waals surface area contributed by atoms with Gasteiger partial charge in [-0.05, 0) is 37.1 Å². The average molecular weight is 470 g/mol. The summed E-state index contributed by atoms with van der Waals surface area (Å²) in [6.07, 6.45) is 1.80. The van der Waals surface area contributed by atoms with Gasteiger partial charge >= 0.3 is 0 Å². The summed E-state index contributed by atoms with van der Waals surface area (Å²) in [6, 6.07) is 11.8. The van der Waals surface area contributed by atoms with E-state index in [2.05, 4.69) is 33.6 Å². The van der Waals surface area contributed by atoms with Crippen LogP contribution < -0.4 is 20.1 Å². The number of aliphatic imine (C=N–C) groups is 1. The first-order chi connectivity index (χ1) is 12.1. The van der Waals surface area contributed by atoms with E-state index in [9.17, 15) is 0 Å². The predicted molar refractivity (Wildman–Crippen MR) is 116 cm³/mol. The van der Waals surface area contributed by atoms with E-state index in [0.717, 1.165) is 17.3 Å². The van der Waals surface area contributed by atoms with E-state index < -0.39 is 0 Å². The number of aromatic nitrogens is 1. The molecule has 0 saturated heterocycles. The molecule has 1 heterocycles. The first kappa shape index (κ1) is 22.0. The molecule has 142 valence electrons. The van der Waals surface area contributed by atoms with Gasteiger partial charge in [0.2, 0.25) is 5.88 Å². The number of halogens is 1. The molecule has 2 rings (SSSR count). The van der Waals surface area contributed by atoms with E-state index in [-0.39, 0.29) is 30.1 Å². The van der Waals surface area contributed by atoms with Crippen LogP contribution in [0.1, 0.15) is 18.1 Å². The number of aryl methyl sites for hydroxylation is 1. The number of ether oxygens (including phenoxy) is 2. The van der Waals surface area contributed by atoms with Gasteiger partial charge in [0.1, 0.15) is 11.9 Å². The number of pyridine rings is 1. The Labute approximate surface area is 172 Å². The van der Waals surface area contributed by atoms with Crippen molar-refractivity contribution < 1.29 is 9.47 Å². The van der Waals surface area contributed by atoms with Crippen molar-refractivity contribution in [1.82, 2.24) is 15.6 Å². The van der Waals surface area contributed by atoms with Gasteiger partial charge in [0.05, 0.1) is 13.7 Å². The first-order valence-electron chi connectivity index (χ1n) is 8.27. The lowest BCUT2D eigenvalue weighted by atomic mass is 10.2. The molecule has 0 radical (unpaired) electrons. The zero-order chi connectivity index (χ0) is 18.1. The predicted octanol–water partition coefficient (Wildman–Crippen LogP) is 3.15. The van der Waals surface area contributed by atoms with E-state index in [0.29, 0.717) is 19.0 Å². The molecule has 2 aromatic rings. The summed E-state index contributed by atoms with van der Waals surface area (Å²) in [4.78, 5) is 8.41. The number of nitrogens with one attached hydrogen (secondary N) is 2. The number of guanidine groups is 1. The van der Waals surface area contributed by atoms with Crippen molar-refractivity contribution in [2.24, 2.45) is 4.99 Å². The van der Waals surface area contributed by atoms with Crippen molar-refractivity contribution in [3.05, 3.63) is 53.7 Å². The molecule has 6 nitrogen and oxygen atoms in total. The van der Waals surface area contributed by atoms with Crippen LogP contribution in [0.4, 0.5) is 0 Å². The summed E-state index contributed by atoms with van der Waals surface area (Å²) in [5.41, 5.74) is 2.23. The van der Waals surface area contributed by atoms with Gasteiger partial charge in [-0.2, -0.15) is 0 Å². The summed E-state index contributed by atoms with van der Waals surface area (Å²) in [5, 5.41) is 6.52. The SMILES string of the molecule is CN=C(NCc1ccc(OC)nc1)NCC(C)Oc1cccc(C)c1.I. The molecule has 0 amide bonds. The maximum Gasteiger partial charge on any atom is 0.212 e. The Morgan fingerprint density at radius 2 is 2.04 bits per heavy atom. The lowest BCUT2D eigenvalue weighted by molar-refractivity contribution is 0.223. The zero-order valence-electron chi connectivity index (χ0n) is 15.7. The van der Waals surface area contributed by atoms with Gasteiger partial charge in [0.15, 0.2) is 5.96 Å². The Morgan fingerprint density at radius 3 is 2.65 bits per heavy atom. The average Bonchev–Trinajstić information content (AvgIpc) is 2.62. The monoisotopic (exact) mass is 470 g/mol. The quantitative estimate of drug-likeness (QED) is 0.370. The van der Waals surface area contributed by atoms with Crippen LogP contribution in [-0.4, -0.2) is 37.7 Å². The minimum Gasteiger partial charge on any atom is -0.489 e. The van der Waals surface area contributed by atoms with Gasteiger partial charge in [-0.3, -0.25) is 4.99 Å². The van der Waals surface area contributed by atoms with Crippen molar-refractivity contribution in [3.63, 3.8) is 0 Å². The Morgan fingerprint density at radius 1 is 1.23 bits per heavy atom. The molecule has 0 saturated carbocycles. The lowest BCUT2D eigenvalue weighted by Gasteiger charge is -2.18. The minimum atomic E-state index is 0. The van der Waals surface area contributed by atoms with Gasteiger partial charge in [0.25, 0.3) is 0 Å². The van der Waals surface area contributed by atoms with Crippen molar-refractivity contribution in [1.29, 1.82) is 0 Å². The molecule has 26 heavy (non-hydrogen) atoms. The van der Waals surface area contributed by atoms with Gasteiger partial charge in [0, 0.05) is 25.9 Å². The fourth-order valence-corrected chi connectivity index (χ4v) is 2.25. The molecule has 0 fully saturated rings. The van der Waals surface area contributed by atoms with Gasteiger partial charge < -0.3 is 20.1 Å². The fraction of sp³-hybridized carbons (Fsp3) is 0.368. The number of benzene rings is 1. The molecular weight excluding hydrogens is 443 g/mol. The molecule has 0 spiro atoms. The van der Waals surface area contributed by atoms with Crippen LogP contribution in [-0.2, 0) is 6.54 Å². The molecule has 0 aliphatic carbocycles. The molecule has 7 heteroatoms. The molecule has 1 aromatic carbocycles. The third kappa shape index (κ3) is 7.47. The van der Waals surface area contributed by atoms with E-state index in [1.165, 1.54) is 5.56 Å². The zero-order valence-corrected chi connectivity index (χ0v) is 18.0. The third-order valence-corrected chi connectivity index (χ3v) is 3.57. The third-order valence-electron chi connectivity index (χ3n) is 3.57. The van der Waals surface area contributed by atoms with Crippen LogP contribution in [0.2, 0.25) is 0 Å². The van der Waals surface area contributed by atoms with Gasteiger partial charge in [-0.25, -0.2) is 4.98 Å². The standard InChI is InChI=1S/C19H26N4O2.HI/c1-14-6-5-7-17(10-14)25-15(2)11-22-19(20-3)23-13-16-8-9-18(24-4)21-12-16;/h5-10,12,15H,11,13H2,1-4H3,(H2,20,22,23);1H. The van der Waals surface area contributed by atoms with Crippen LogP contribution >= 0.6 is 24.0 Å². The molecule has 0 aliphatic rings. The molecule has 2 N–H and O–H groups in total. The van der Waals surface area contributed by atoms with Crippen molar-refractivity contribution in [2.75, 3.05) is 20.7 Å². The molecule has 1 atom stereocenters. The van der Waals surface area contributed by atoms with E-state index in [1.54, 1.807) is 20.4 Å². The Kier molecular flexibility index (Phi) is 9.79. The van der Waals surface area contributed by atoms with Crippen LogP contribution in [0.25, 0.3) is 0 Å². The molecule has 1 unspecified atom stereocenters. The number of hydrogen-bond acceptors (Lipinski definition) is 4. The Hall–Kier alpha value is -2.03. The lowest BCUT2D eigenvalue weighted by Crippen LogP contribution is -2.41. The van der Waals surface area contributed by atoms with Crippen LogP contribution in [0.15, 0.2) is 47.6 Å². The highest BCUT2D eigenvalue weighted by atomic mass is 127. The largest absolute Gasteiger partial charge is 0.489 e. The van der Waals surface area contributed by atoms with Crippen LogP contribution in [0.3, 0.4) is 0 Å². The maximum atomic E-state index is 5.91. The second-order valence-corrected chi connectivity index (χ2v) is 5.76. The topological polar surface area (TPSA) is 67.8 Å². The number of nitrogens with zero attached hydrogens (tertiary/aromatic N) is 2. The smallest absolute Gasteiger partial charge is 0.212 e. The minimum absolute atomic E-state index is 0. The normalized spacial score (nSPS) is 11.9. The van der Waals surface area contributed by atoms with Gasteiger partial charge in [-0.1, -0.05) is 18.2 Å². The van der Waals surface area contributed by atoms with E-state index in [4.69, 9.17) is 9.47 Å². The number of rotatable bonds is 7. The van der Waals surface area contributed by atoms with E-state index in [1.807, 2.05) is 37.3 Å². The van der Waals surface area contributed by atoms with Crippen LogP contribution in [0, 0.1) is 6.92 Å². The summed E-state index contributed by atoms with van der Waals surface area (Å²) in [6.45, 7) is 5.35. The second kappa shape index (κ2) is 11.6. The van der Waals surface area contributed by atoms with Gasteiger partial charge in [-0.15, -0.1) is 24.0 Å². The van der Waals surface area contributed by atoms with E-state index >= 15 is 0 Å². The molecule has 1 aromatic heterocycles. The molecular formula is C19H27IN4O2. The van der Waals surface area contributed by atoms with Crippen molar-refractivity contribution in [2.45, 2.75) is 26.5 Å². The molecule has 0 aliphatic heterocycles. The summed E-state index contributed by atoms with van der Waals surface area (Å²) in [5.74, 6) is 2.20. The highest BCUT2D eigenvalue weighted by Crippen LogP contribution is 2.13. The molecule has 0 bridgehead atoms.